The average Bonchev–Trinajstić information content (AvgIpc) is 3.30. The number of hydrogen-bond donors (Lipinski definition) is 3. The Hall–Kier alpha value is -2.69. The third kappa shape index (κ3) is 50.3. The van der Waals surface area contributed by atoms with Crippen LogP contribution in [-0.4, -0.2) is 34.9 Å². The molecular formula is C60H105NO3. The zero-order valence-electron chi connectivity index (χ0n) is 42.3. The van der Waals surface area contributed by atoms with Gasteiger partial charge in [-0.25, -0.2) is 0 Å². The Bertz CT molecular complexity index is 1190. The summed E-state index contributed by atoms with van der Waals surface area (Å²) >= 11 is 0. The van der Waals surface area contributed by atoms with Crippen LogP contribution in [0.2, 0.25) is 0 Å². The summed E-state index contributed by atoms with van der Waals surface area (Å²) in [6.07, 6.45) is 81.3. The fraction of sp³-hybridized carbons (Fsp3) is 0.717. The van der Waals surface area contributed by atoms with Crippen molar-refractivity contribution in [3.8, 4) is 0 Å². The van der Waals surface area contributed by atoms with Gasteiger partial charge in [-0.15, -0.1) is 0 Å². The molecule has 0 aliphatic carbocycles. The molecule has 0 aromatic heterocycles. The van der Waals surface area contributed by atoms with E-state index in [4.69, 9.17) is 0 Å². The van der Waals surface area contributed by atoms with Crippen LogP contribution >= 0.6 is 0 Å². The molecule has 4 nitrogen and oxygen atoms in total. The van der Waals surface area contributed by atoms with Crippen molar-refractivity contribution in [2.24, 2.45) is 0 Å². The van der Waals surface area contributed by atoms with E-state index in [0.29, 0.717) is 6.42 Å². The van der Waals surface area contributed by atoms with E-state index >= 15 is 0 Å². The van der Waals surface area contributed by atoms with E-state index in [9.17, 15) is 15.0 Å². The predicted molar refractivity (Wildman–Crippen MR) is 285 cm³/mol. The minimum absolute atomic E-state index is 0.0662. The van der Waals surface area contributed by atoms with Gasteiger partial charge in [0.05, 0.1) is 18.8 Å². The van der Waals surface area contributed by atoms with Crippen LogP contribution < -0.4 is 5.32 Å². The summed E-state index contributed by atoms with van der Waals surface area (Å²) in [6.45, 7) is 4.20. The van der Waals surface area contributed by atoms with Crippen LogP contribution in [0.3, 0.4) is 0 Å². The molecule has 0 rings (SSSR count). The average molecular weight is 889 g/mol. The molecule has 0 saturated carbocycles. The molecule has 0 saturated heterocycles. The summed E-state index contributed by atoms with van der Waals surface area (Å²) in [4.78, 5) is 12.4. The van der Waals surface area contributed by atoms with Crippen LogP contribution in [-0.2, 0) is 4.79 Å². The molecular weight excluding hydrogens is 783 g/mol. The number of nitrogens with one attached hydrogen (secondary N) is 1. The highest BCUT2D eigenvalue weighted by Crippen LogP contribution is 2.16. The highest BCUT2D eigenvalue weighted by molar-refractivity contribution is 5.76. The topological polar surface area (TPSA) is 69.6 Å². The highest BCUT2D eigenvalue weighted by atomic mass is 16.3. The SMILES string of the molecule is CC/C=C\C/C=C\C/C=C\C/C=C\C/C=C\C/C=C\C/C=C\CCCCCCCCCCCCCCCCCC(=O)NC(CO)C(O)/C=C/CCCCCCCCCCCCCCC. The minimum atomic E-state index is -0.842. The maximum Gasteiger partial charge on any atom is 0.220 e. The van der Waals surface area contributed by atoms with Gasteiger partial charge < -0.3 is 15.5 Å². The lowest BCUT2D eigenvalue weighted by atomic mass is 10.0. The van der Waals surface area contributed by atoms with E-state index < -0.39 is 12.1 Å². The number of allylic oxidation sites excluding steroid dienone is 15. The molecule has 0 bridgehead atoms. The van der Waals surface area contributed by atoms with Crippen LogP contribution in [0.4, 0.5) is 0 Å². The lowest BCUT2D eigenvalue weighted by Crippen LogP contribution is -2.45. The van der Waals surface area contributed by atoms with Gasteiger partial charge in [-0.3, -0.25) is 4.79 Å². The highest BCUT2D eigenvalue weighted by Gasteiger charge is 2.18. The fourth-order valence-electron chi connectivity index (χ4n) is 7.92. The molecule has 0 aromatic carbocycles. The van der Waals surface area contributed by atoms with Crippen molar-refractivity contribution in [2.75, 3.05) is 6.61 Å². The molecule has 0 aliphatic rings. The molecule has 4 heteroatoms. The Balaban J connectivity index is 3.52. The molecule has 0 radical (unpaired) electrons. The predicted octanol–water partition coefficient (Wildman–Crippen LogP) is 18.1. The largest absolute Gasteiger partial charge is 0.394 e. The van der Waals surface area contributed by atoms with Crippen molar-refractivity contribution in [3.63, 3.8) is 0 Å². The van der Waals surface area contributed by atoms with Crippen molar-refractivity contribution in [2.45, 2.75) is 270 Å². The van der Waals surface area contributed by atoms with Crippen molar-refractivity contribution >= 4 is 5.91 Å². The van der Waals surface area contributed by atoms with Crippen LogP contribution in [0.25, 0.3) is 0 Å². The van der Waals surface area contributed by atoms with E-state index in [1.165, 1.54) is 167 Å². The fourth-order valence-corrected chi connectivity index (χ4v) is 7.92. The Labute approximate surface area is 398 Å². The number of carbonyl (C=O) groups excluding carboxylic acids is 1. The normalized spacial score (nSPS) is 13.6. The summed E-state index contributed by atoms with van der Waals surface area (Å²) in [7, 11) is 0. The molecule has 0 fully saturated rings. The monoisotopic (exact) mass is 888 g/mol. The zero-order chi connectivity index (χ0) is 46.3. The number of amides is 1. The lowest BCUT2D eigenvalue weighted by Gasteiger charge is -2.20. The molecule has 64 heavy (non-hydrogen) atoms. The molecule has 2 atom stereocenters. The molecule has 2 unspecified atom stereocenters. The maximum atomic E-state index is 12.4. The van der Waals surface area contributed by atoms with Crippen molar-refractivity contribution in [1.82, 2.24) is 5.32 Å². The Morgan fingerprint density at radius 2 is 0.688 bits per heavy atom. The second-order valence-corrected chi connectivity index (χ2v) is 18.3. The number of hydrogen-bond acceptors (Lipinski definition) is 3. The summed E-state index contributed by atoms with van der Waals surface area (Å²) in [5, 5.41) is 23.1. The van der Waals surface area contributed by atoms with Gasteiger partial charge in [0, 0.05) is 6.42 Å². The standard InChI is InChI=1S/C60H105NO3/c1-3-5-7-9-11-13-15-17-19-20-21-22-23-24-25-26-27-28-29-30-31-32-33-34-35-36-37-38-39-40-42-44-46-48-50-52-54-56-60(64)61-58(57-62)59(63)55-53-51-49-47-45-43-41-18-16-14-12-10-8-6-4-2/h5,7,11,13,17,19,21-22,24-25,27-28,30-31,53,55,58-59,62-63H,3-4,6,8-10,12,14-16,18,20,23,26,29,32-52,54,56-57H2,1-2H3,(H,61,64)/b7-5-,13-11-,19-17-,22-21-,25-24-,28-27-,31-30-,55-53+. The van der Waals surface area contributed by atoms with Gasteiger partial charge >= 0.3 is 0 Å². The molecule has 0 aromatic rings. The van der Waals surface area contributed by atoms with E-state index in [-0.39, 0.29) is 12.5 Å². The molecule has 0 aliphatic heterocycles. The summed E-state index contributed by atoms with van der Waals surface area (Å²) in [5.41, 5.74) is 0. The molecule has 3 N–H and O–H groups in total. The Kier molecular flexibility index (Phi) is 52.3. The van der Waals surface area contributed by atoms with Gasteiger partial charge in [0.15, 0.2) is 0 Å². The van der Waals surface area contributed by atoms with Gasteiger partial charge in [-0.1, -0.05) is 272 Å². The van der Waals surface area contributed by atoms with Crippen molar-refractivity contribution in [1.29, 1.82) is 0 Å². The summed E-state index contributed by atoms with van der Waals surface area (Å²) in [5.74, 6) is -0.0662. The second-order valence-electron chi connectivity index (χ2n) is 18.3. The van der Waals surface area contributed by atoms with E-state index in [2.05, 4.69) is 104 Å². The molecule has 1 amide bonds. The van der Waals surface area contributed by atoms with E-state index in [0.717, 1.165) is 70.6 Å². The van der Waals surface area contributed by atoms with Crippen molar-refractivity contribution in [3.05, 3.63) is 97.2 Å². The van der Waals surface area contributed by atoms with Gasteiger partial charge in [0.1, 0.15) is 0 Å². The van der Waals surface area contributed by atoms with Gasteiger partial charge in [0.25, 0.3) is 0 Å². The van der Waals surface area contributed by atoms with Gasteiger partial charge in [-0.05, 0) is 77.0 Å². The van der Waals surface area contributed by atoms with Crippen LogP contribution in [0.1, 0.15) is 258 Å². The number of carbonyl (C=O) groups is 1. The molecule has 0 spiro atoms. The summed E-state index contributed by atoms with van der Waals surface area (Å²) in [6, 6.07) is -0.626. The lowest BCUT2D eigenvalue weighted by molar-refractivity contribution is -0.123. The minimum Gasteiger partial charge on any atom is -0.394 e. The van der Waals surface area contributed by atoms with Crippen LogP contribution in [0, 0.1) is 0 Å². The van der Waals surface area contributed by atoms with Crippen LogP contribution in [0.5, 0.6) is 0 Å². The first-order valence-corrected chi connectivity index (χ1v) is 27.5. The number of unbranched alkanes of at least 4 members (excludes halogenated alkanes) is 28. The first-order valence-electron chi connectivity index (χ1n) is 27.5. The first kappa shape index (κ1) is 61.3. The first-order chi connectivity index (χ1) is 31.7. The van der Waals surface area contributed by atoms with Gasteiger partial charge in [0.2, 0.25) is 5.91 Å². The number of rotatable bonds is 49. The number of aliphatic hydroxyl groups excluding tert-OH is 2. The zero-order valence-corrected chi connectivity index (χ0v) is 42.3. The van der Waals surface area contributed by atoms with E-state index in [1.807, 2.05) is 6.08 Å². The second kappa shape index (κ2) is 54.6. The Morgan fingerprint density at radius 1 is 0.391 bits per heavy atom. The Morgan fingerprint density at radius 3 is 1.03 bits per heavy atom. The van der Waals surface area contributed by atoms with Crippen LogP contribution in [0.15, 0.2) is 97.2 Å². The third-order valence-electron chi connectivity index (χ3n) is 12.1. The van der Waals surface area contributed by atoms with Crippen molar-refractivity contribution < 1.29 is 15.0 Å². The third-order valence-corrected chi connectivity index (χ3v) is 12.1. The molecule has 0 heterocycles. The number of aliphatic hydroxyl groups is 2. The smallest absolute Gasteiger partial charge is 0.220 e. The van der Waals surface area contributed by atoms with E-state index in [1.54, 1.807) is 6.08 Å². The van der Waals surface area contributed by atoms with Gasteiger partial charge in [-0.2, -0.15) is 0 Å². The quantitative estimate of drug-likeness (QED) is 0.0421. The maximum absolute atomic E-state index is 12.4. The molecule has 368 valence electrons. The summed E-state index contributed by atoms with van der Waals surface area (Å²) < 4.78 is 0.